The predicted molar refractivity (Wildman–Crippen MR) is 113 cm³/mol. The van der Waals surface area contributed by atoms with E-state index in [9.17, 15) is 9.18 Å². The molecule has 2 aromatic carbocycles. The minimum absolute atomic E-state index is 0.0221. The van der Waals surface area contributed by atoms with Gasteiger partial charge in [0.25, 0.3) is 5.91 Å². The van der Waals surface area contributed by atoms with Gasteiger partial charge in [0, 0.05) is 25.7 Å². The van der Waals surface area contributed by atoms with Gasteiger partial charge in [0.05, 0.1) is 18.9 Å². The summed E-state index contributed by atoms with van der Waals surface area (Å²) in [6, 6.07) is 18.0. The van der Waals surface area contributed by atoms with E-state index in [1.807, 2.05) is 23.1 Å². The van der Waals surface area contributed by atoms with Gasteiger partial charge < -0.3 is 9.64 Å². The summed E-state index contributed by atoms with van der Waals surface area (Å²) in [5, 5.41) is 4.45. The predicted octanol–water partition coefficient (Wildman–Crippen LogP) is 4.30. The van der Waals surface area contributed by atoms with Crippen molar-refractivity contribution in [1.29, 1.82) is 0 Å². The smallest absolute Gasteiger partial charge is 0.272 e. The molecule has 1 saturated heterocycles. The summed E-state index contributed by atoms with van der Waals surface area (Å²) in [5.41, 5.74) is 3.15. The lowest BCUT2D eigenvalue weighted by atomic mass is 9.98. The number of halogens is 1. The van der Waals surface area contributed by atoms with E-state index in [4.69, 9.17) is 4.74 Å². The number of piperidine rings is 1. The number of hydrogen-bond donors (Lipinski definition) is 0. The largest absolute Gasteiger partial charge is 0.376 e. The van der Waals surface area contributed by atoms with Crippen molar-refractivity contribution < 1.29 is 13.9 Å². The molecule has 1 aromatic heterocycles. The number of ether oxygens (including phenoxy) is 1. The molecule has 156 valence electrons. The van der Waals surface area contributed by atoms with Gasteiger partial charge in [0.2, 0.25) is 0 Å². The Balaban J connectivity index is 1.37. The fourth-order valence-electron chi connectivity index (χ4n) is 3.89. The molecule has 1 aliphatic heterocycles. The van der Waals surface area contributed by atoms with E-state index in [2.05, 4.69) is 17.2 Å². The topological polar surface area (TPSA) is 47.4 Å². The summed E-state index contributed by atoms with van der Waals surface area (Å²) in [5.74, 6) is 0.0159. The highest BCUT2D eigenvalue weighted by atomic mass is 19.1. The molecule has 0 spiro atoms. The van der Waals surface area contributed by atoms with Crippen LogP contribution < -0.4 is 0 Å². The van der Waals surface area contributed by atoms with Crippen molar-refractivity contribution in [2.45, 2.75) is 19.4 Å². The van der Waals surface area contributed by atoms with Crippen LogP contribution in [0.3, 0.4) is 0 Å². The van der Waals surface area contributed by atoms with Crippen LogP contribution in [0.4, 0.5) is 4.39 Å². The third-order valence-electron chi connectivity index (χ3n) is 5.51. The molecule has 2 heterocycles. The maximum atomic E-state index is 13.2. The first-order chi connectivity index (χ1) is 14.6. The van der Waals surface area contributed by atoms with E-state index in [1.165, 1.54) is 12.1 Å². The number of likely N-dealkylation sites (tertiary alicyclic amines) is 1. The quantitative estimate of drug-likeness (QED) is 0.612. The second-order valence-corrected chi connectivity index (χ2v) is 7.81. The molecular formula is C24H26FN3O2. The Labute approximate surface area is 176 Å². The van der Waals surface area contributed by atoms with Gasteiger partial charge in [-0.15, -0.1) is 0 Å². The van der Waals surface area contributed by atoms with Crippen molar-refractivity contribution in [1.82, 2.24) is 14.7 Å². The van der Waals surface area contributed by atoms with Crippen LogP contribution in [-0.2, 0) is 18.4 Å². The van der Waals surface area contributed by atoms with Crippen LogP contribution in [0, 0.1) is 11.7 Å². The molecule has 1 aliphatic rings. The van der Waals surface area contributed by atoms with Crippen molar-refractivity contribution >= 4 is 5.91 Å². The summed E-state index contributed by atoms with van der Waals surface area (Å²) in [6.45, 7) is 2.66. The molecule has 6 heteroatoms. The summed E-state index contributed by atoms with van der Waals surface area (Å²) >= 11 is 0. The summed E-state index contributed by atoms with van der Waals surface area (Å²) in [6.07, 6.45) is 2.03. The van der Waals surface area contributed by atoms with Crippen LogP contribution >= 0.6 is 0 Å². The Bertz CT molecular complexity index is 985. The number of amides is 1. The number of carbonyl (C=O) groups is 1. The molecule has 0 aliphatic carbocycles. The van der Waals surface area contributed by atoms with Crippen LogP contribution in [0.15, 0.2) is 60.7 Å². The van der Waals surface area contributed by atoms with Crippen molar-refractivity contribution in [2.24, 2.45) is 13.0 Å². The highest BCUT2D eigenvalue weighted by molar-refractivity contribution is 5.93. The first-order valence-electron chi connectivity index (χ1n) is 10.3. The Kier molecular flexibility index (Phi) is 6.23. The molecule has 30 heavy (non-hydrogen) atoms. The number of benzene rings is 2. The lowest BCUT2D eigenvalue weighted by molar-refractivity contribution is 0.0419. The van der Waals surface area contributed by atoms with Gasteiger partial charge in [0.15, 0.2) is 0 Å². The lowest BCUT2D eigenvalue weighted by Crippen LogP contribution is -2.41. The van der Waals surface area contributed by atoms with Crippen molar-refractivity contribution in [3.8, 4) is 11.3 Å². The van der Waals surface area contributed by atoms with E-state index in [1.54, 1.807) is 29.9 Å². The van der Waals surface area contributed by atoms with Crippen molar-refractivity contribution in [2.75, 3.05) is 19.7 Å². The fourth-order valence-corrected chi connectivity index (χ4v) is 3.89. The highest BCUT2D eigenvalue weighted by Crippen LogP contribution is 2.23. The average Bonchev–Trinajstić information content (AvgIpc) is 3.16. The molecule has 1 unspecified atom stereocenters. The molecule has 1 atom stereocenters. The fraction of sp³-hybridized carbons (Fsp3) is 0.333. The zero-order valence-electron chi connectivity index (χ0n) is 17.1. The third-order valence-corrected chi connectivity index (χ3v) is 5.51. The molecule has 1 amide bonds. The zero-order chi connectivity index (χ0) is 20.9. The number of hydrogen-bond acceptors (Lipinski definition) is 3. The number of aromatic nitrogens is 2. The van der Waals surface area contributed by atoms with Crippen LogP contribution in [0.25, 0.3) is 11.3 Å². The van der Waals surface area contributed by atoms with Crippen LogP contribution in [0.2, 0.25) is 0 Å². The van der Waals surface area contributed by atoms with Gasteiger partial charge in [-0.05, 0) is 54.7 Å². The molecule has 4 rings (SSSR count). The summed E-state index contributed by atoms with van der Waals surface area (Å²) in [4.78, 5) is 15.0. The molecule has 3 aromatic rings. The van der Waals surface area contributed by atoms with Crippen molar-refractivity contribution in [3.63, 3.8) is 0 Å². The van der Waals surface area contributed by atoms with Gasteiger partial charge >= 0.3 is 0 Å². The Hall–Kier alpha value is -2.99. The second-order valence-electron chi connectivity index (χ2n) is 7.81. The normalized spacial score (nSPS) is 16.6. The zero-order valence-corrected chi connectivity index (χ0v) is 17.1. The van der Waals surface area contributed by atoms with E-state index in [0.29, 0.717) is 37.1 Å². The van der Waals surface area contributed by atoms with Crippen LogP contribution in [-0.4, -0.2) is 40.3 Å². The standard InChI is InChI=1S/C24H26FN3O2/c1-27-23(14-22(26-27)20-9-11-21(25)12-10-20)24(29)28-13-5-8-19(15-28)17-30-16-18-6-3-2-4-7-18/h2-4,6-7,9-12,14,19H,5,8,13,15-17H2,1H3. The highest BCUT2D eigenvalue weighted by Gasteiger charge is 2.27. The Morgan fingerprint density at radius 3 is 2.70 bits per heavy atom. The first-order valence-corrected chi connectivity index (χ1v) is 10.3. The number of aryl methyl sites for hydroxylation is 1. The van der Waals surface area contributed by atoms with Gasteiger partial charge in [-0.3, -0.25) is 9.48 Å². The van der Waals surface area contributed by atoms with Crippen LogP contribution in [0.5, 0.6) is 0 Å². The van der Waals surface area contributed by atoms with Gasteiger partial charge in [-0.25, -0.2) is 4.39 Å². The monoisotopic (exact) mass is 407 g/mol. The second kappa shape index (κ2) is 9.22. The molecule has 1 fully saturated rings. The van der Waals surface area contributed by atoms with Crippen LogP contribution in [0.1, 0.15) is 28.9 Å². The minimum atomic E-state index is -0.292. The van der Waals surface area contributed by atoms with Gasteiger partial charge in [-0.2, -0.15) is 5.10 Å². The maximum absolute atomic E-state index is 13.2. The van der Waals surface area contributed by atoms with E-state index < -0.39 is 0 Å². The molecule has 0 bridgehead atoms. The third kappa shape index (κ3) is 4.76. The first kappa shape index (κ1) is 20.3. The maximum Gasteiger partial charge on any atom is 0.272 e. The summed E-state index contributed by atoms with van der Waals surface area (Å²) in [7, 11) is 1.77. The Morgan fingerprint density at radius 1 is 1.17 bits per heavy atom. The van der Waals surface area contributed by atoms with Gasteiger partial charge in [0.1, 0.15) is 11.5 Å². The number of rotatable bonds is 6. The lowest BCUT2D eigenvalue weighted by Gasteiger charge is -2.32. The number of carbonyl (C=O) groups excluding carboxylic acids is 1. The SMILES string of the molecule is Cn1nc(-c2ccc(F)cc2)cc1C(=O)N1CCCC(COCc2ccccc2)C1. The van der Waals surface area contributed by atoms with E-state index in [-0.39, 0.29) is 11.7 Å². The van der Waals surface area contributed by atoms with E-state index >= 15 is 0 Å². The molecule has 0 saturated carbocycles. The molecule has 0 N–H and O–H groups in total. The van der Waals surface area contributed by atoms with E-state index in [0.717, 1.165) is 30.5 Å². The molecule has 0 radical (unpaired) electrons. The average molecular weight is 407 g/mol. The Morgan fingerprint density at radius 2 is 1.93 bits per heavy atom. The number of nitrogens with zero attached hydrogens (tertiary/aromatic N) is 3. The van der Waals surface area contributed by atoms with Gasteiger partial charge in [-0.1, -0.05) is 30.3 Å². The molecule has 5 nitrogen and oxygen atoms in total. The summed E-state index contributed by atoms with van der Waals surface area (Å²) < 4.78 is 20.7. The van der Waals surface area contributed by atoms with Crippen molar-refractivity contribution in [3.05, 3.63) is 77.7 Å². The molecular weight excluding hydrogens is 381 g/mol. The minimum Gasteiger partial charge on any atom is -0.376 e.